The number of para-hydroxylation sites is 1. The van der Waals surface area contributed by atoms with Crippen LogP contribution < -0.4 is 10.6 Å². The van der Waals surface area contributed by atoms with Gasteiger partial charge in [-0.05, 0) is 36.6 Å². The Balaban J connectivity index is 0.000000136. The highest BCUT2D eigenvalue weighted by Crippen LogP contribution is 2.20. The zero-order chi connectivity index (χ0) is 11.8. The van der Waals surface area contributed by atoms with Crippen LogP contribution in [0.4, 0.5) is 5.69 Å². The molecule has 0 aliphatic carbocycles. The van der Waals surface area contributed by atoms with Gasteiger partial charge in [0.05, 0.1) is 0 Å². The summed E-state index contributed by atoms with van der Waals surface area (Å²) >= 11 is 0. The summed E-state index contributed by atoms with van der Waals surface area (Å²) in [7, 11) is 0. The monoisotopic (exact) mass is 226 g/mol. The van der Waals surface area contributed by atoms with Gasteiger partial charge in [0.25, 0.3) is 0 Å². The summed E-state index contributed by atoms with van der Waals surface area (Å²) in [5.41, 5.74) is 2.79. The molecule has 0 amide bonds. The lowest BCUT2D eigenvalue weighted by molar-refractivity contribution is 0.830. The molecule has 2 heteroatoms. The molecular formula is C15H18N2. The fourth-order valence-corrected chi connectivity index (χ4v) is 1.82. The van der Waals surface area contributed by atoms with E-state index in [1.807, 2.05) is 36.7 Å². The second-order valence-corrected chi connectivity index (χ2v) is 3.96. The largest absolute Gasteiger partial charge is 0.385 e. The summed E-state index contributed by atoms with van der Waals surface area (Å²) in [4.78, 5) is 0. The Bertz CT molecular complexity index is 391. The van der Waals surface area contributed by atoms with Crippen molar-refractivity contribution >= 4 is 5.69 Å². The lowest BCUT2D eigenvalue weighted by Crippen LogP contribution is -2.10. The highest BCUT2D eigenvalue weighted by molar-refractivity contribution is 5.52. The van der Waals surface area contributed by atoms with Gasteiger partial charge in [-0.2, -0.15) is 0 Å². The normalized spacial score (nSPS) is 15.8. The molecule has 88 valence electrons. The van der Waals surface area contributed by atoms with Crippen LogP contribution in [0, 0.1) is 0 Å². The molecule has 17 heavy (non-hydrogen) atoms. The second kappa shape index (κ2) is 6.59. The average molecular weight is 226 g/mol. The number of rotatable bonds is 0. The van der Waals surface area contributed by atoms with E-state index in [2.05, 4.69) is 34.9 Å². The number of fused-ring (bicyclic) bond motifs is 1. The molecule has 0 aromatic heterocycles. The van der Waals surface area contributed by atoms with Gasteiger partial charge in [0.1, 0.15) is 0 Å². The molecule has 0 radical (unpaired) electrons. The summed E-state index contributed by atoms with van der Waals surface area (Å²) in [5.74, 6) is 0. The molecule has 3 rings (SSSR count). The Morgan fingerprint density at radius 1 is 0.882 bits per heavy atom. The Labute approximate surface area is 103 Å². The SMILES string of the molecule is C1=CC=CNC=C1.c1ccc2c(c1)CCCN2. The zero-order valence-corrected chi connectivity index (χ0v) is 9.89. The lowest BCUT2D eigenvalue weighted by atomic mass is 10.0. The van der Waals surface area contributed by atoms with Crippen molar-refractivity contribution in [2.45, 2.75) is 12.8 Å². The fourth-order valence-electron chi connectivity index (χ4n) is 1.82. The molecule has 2 nitrogen and oxygen atoms in total. The van der Waals surface area contributed by atoms with Crippen LogP contribution in [0.15, 0.2) is 61.0 Å². The average Bonchev–Trinajstić information content (AvgIpc) is 2.72. The van der Waals surface area contributed by atoms with Gasteiger partial charge in [0.2, 0.25) is 0 Å². The zero-order valence-electron chi connectivity index (χ0n) is 9.89. The van der Waals surface area contributed by atoms with Crippen LogP contribution in [-0.4, -0.2) is 6.54 Å². The molecule has 0 spiro atoms. The van der Waals surface area contributed by atoms with E-state index in [0.29, 0.717) is 0 Å². The van der Waals surface area contributed by atoms with Gasteiger partial charge in [-0.25, -0.2) is 0 Å². The van der Waals surface area contributed by atoms with Gasteiger partial charge in [0.15, 0.2) is 0 Å². The maximum atomic E-state index is 3.36. The molecule has 1 aromatic rings. The van der Waals surface area contributed by atoms with E-state index in [-0.39, 0.29) is 0 Å². The number of nitrogens with one attached hydrogen (secondary N) is 2. The van der Waals surface area contributed by atoms with Gasteiger partial charge in [0, 0.05) is 24.6 Å². The Morgan fingerprint density at radius 2 is 1.65 bits per heavy atom. The van der Waals surface area contributed by atoms with Gasteiger partial charge in [-0.15, -0.1) is 0 Å². The summed E-state index contributed by atoms with van der Waals surface area (Å²) in [6.07, 6.45) is 14.1. The molecule has 1 aromatic carbocycles. The number of aryl methyl sites for hydroxylation is 1. The van der Waals surface area contributed by atoms with Gasteiger partial charge in [-0.3, -0.25) is 0 Å². The highest BCUT2D eigenvalue weighted by atomic mass is 14.9. The first-order chi connectivity index (χ1) is 8.47. The minimum absolute atomic E-state index is 1.14. The van der Waals surface area contributed by atoms with Crippen molar-refractivity contribution in [1.82, 2.24) is 5.32 Å². The molecule has 2 N–H and O–H groups in total. The molecule has 0 atom stereocenters. The standard InChI is InChI=1S/C9H11N.C6H7N/c1-2-6-9-8(4-1)5-3-7-10-9;1-2-4-6-7-5-3-1/h1-2,4,6,10H,3,5,7H2;1-7H. The van der Waals surface area contributed by atoms with Crippen molar-refractivity contribution in [3.05, 3.63) is 66.5 Å². The number of allylic oxidation sites excluding steroid dienone is 4. The minimum atomic E-state index is 1.14. The molecular weight excluding hydrogens is 208 g/mol. The first kappa shape index (κ1) is 11.5. The molecule has 0 saturated heterocycles. The third-order valence-corrected chi connectivity index (χ3v) is 2.67. The van der Waals surface area contributed by atoms with E-state index in [1.165, 1.54) is 24.1 Å². The van der Waals surface area contributed by atoms with E-state index >= 15 is 0 Å². The third kappa shape index (κ3) is 3.83. The Morgan fingerprint density at radius 3 is 2.41 bits per heavy atom. The summed E-state index contributed by atoms with van der Waals surface area (Å²) < 4.78 is 0. The highest BCUT2D eigenvalue weighted by Gasteiger charge is 2.04. The van der Waals surface area contributed by atoms with Crippen LogP contribution >= 0.6 is 0 Å². The van der Waals surface area contributed by atoms with Crippen molar-refractivity contribution in [2.75, 3.05) is 11.9 Å². The molecule has 0 unspecified atom stereocenters. The maximum absolute atomic E-state index is 3.36. The summed E-state index contributed by atoms with van der Waals surface area (Å²) in [6, 6.07) is 8.53. The van der Waals surface area contributed by atoms with Gasteiger partial charge < -0.3 is 10.6 Å². The first-order valence-corrected chi connectivity index (χ1v) is 6.03. The van der Waals surface area contributed by atoms with Gasteiger partial charge in [-0.1, -0.05) is 30.4 Å². The predicted molar refractivity (Wildman–Crippen MR) is 73.8 cm³/mol. The minimum Gasteiger partial charge on any atom is -0.385 e. The summed E-state index contributed by atoms with van der Waals surface area (Å²) in [5, 5.41) is 6.29. The molecule has 0 saturated carbocycles. The quantitative estimate of drug-likeness (QED) is 0.709. The van der Waals surface area contributed by atoms with Gasteiger partial charge >= 0.3 is 0 Å². The third-order valence-electron chi connectivity index (χ3n) is 2.67. The fraction of sp³-hybridized carbons (Fsp3) is 0.200. The van der Waals surface area contributed by atoms with Crippen molar-refractivity contribution < 1.29 is 0 Å². The number of benzene rings is 1. The molecule has 2 aliphatic rings. The number of hydrogen-bond donors (Lipinski definition) is 2. The van der Waals surface area contributed by atoms with Crippen LogP contribution in [0.5, 0.6) is 0 Å². The van der Waals surface area contributed by atoms with E-state index in [1.54, 1.807) is 0 Å². The van der Waals surface area contributed by atoms with E-state index < -0.39 is 0 Å². The first-order valence-electron chi connectivity index (χ1n) is 6.03. The van der Waals surface area contributed by atoms with Crippen molar-refractivity contribution in [3.8, 4) is 0 Å². The Kier molecular flexibility index (Phi) is 4.46. The molecule has 0 fully saturated rings. The molecule has 0 bridgehead atoms. The van der Waals surface area contributed by atoms with Crippen LogP contribution in [-0.2, 0) is 6.42 Å². The van der Waals surface area contributed by atoms with E-state index in [9.17, 15) is 0 Å². The van der Waals surface area contributed by atoms with E-state index in [4.69, 9.17) is 0 Å². The molecule has 2 heterocycles. The smallest absolute Gasteiger partial charge is 0.0372 e. The number of anilines is 1. The van der Waals surface area contributed by atoms with Crippen molar-refractivity contribution in [3.63, 3.8) is 0 Å². The maximum Gasteiger partial charge on any atom is 0.0372 e. The van der Waals surface area contributed by atoms with Crippen LogP contribution in [0.3, 0.4) is 0 Å². The van der Waals surface area contributed by atoms with Crippen molar-refractivity contribution in [2.24, 2.45) is 0 Å². The van der Waals surface area contributed by atoms with Crippen molar-refractivity contribution in [1.29, 1.82) is 0 Å². The lowest BCUT2D eigenvalue weighted by Gasteiger charge is -2.16. The topological polar surface area (TPSA) is 24.1 Å². The summed E-state index contributed by atoms with van der Waals surface area (Å²) in [6.45, 7) is 1.14. The molecule has 2 aliphatic heterocycles. The van der Waals surface area contributed by atoms with Crippen LogP contribution in [0.25, 0.3) is 0 Å². The van der Waals surface area contributed by atoms with E-state index in [0.717, 1.165) is 6.54 Å². The van der Waals surface area contributed by atoms with Crippen LogP contribution in [0.1, 0.15) is 12.0 Å². The number of hydrogen-bond acceptors (Lipinski definition) is 2. The second-order valence-electron chi connectivity index (χ2n) is 3.96. The van der Waals surface area contributed by atoms with Crippen LogP contribution in [0.2, 0.25) is 0 Å². The predicted octanol–water partition coefficient (Wildman–Crippen LogP) is 3.22. The Hall–Kier alpha value is -1.96.